The molecule has 37 heavy (non-hydrogen) atoms. The first-order chi connectivity index (χ1) is 17.8. The van der Waals surface area contributed by atoms with Crippen LogP contribution in [-0.4, -0.2) is 61.9 Å². The average molecular weight is 525 g/mol. The van der Waals surface area contributed by atoms with Gasteiger partial charge in [-0.25, -0.2) is 0 Å². The highest BCUT2D eigenvalue weighted by Gasteiger charge is 2.39. The van der Waals surface area contributed by atoms with Crippen molar-refractivity contribution in [2.45, 2.75) is 46.5 Å². The highest BCUT2D eigenvalue weighted by Crippen LogP contribution is 2.38. The van der Waals surface area contributed by atoms with Gasteiger partial charge in [0, 0.05) is 44.1 Å². The Morgan fingerprint density at radius 3 is 2.41 bits per heavy atom. The molecule has 7 nitrogen and oxygen atoms in total. The number of amides is 3. The van der Waals surface area contributed by atoms with Gasteiger partial charge in [0.1, 0.15) is 0 Å². The summed E-state index contributed by atoms with van der Waals surface area (Å²) < 4.78 is 0. The fourth-order valence-corrected chi connectivity index (χ4v) is 5.62. The number of nitrogens with zero attached hydrogens (tertiary/aromatic N) is 3. The van der Waals surface area contributed by atoms with Gasteiger partial charge in [-0.3, -0.25) is 14.4 Å². The number of para-hydroxylation sites is 1. The third kappa shape index (κ3) is 5.77. The van der Waals surface area contributed by atoms with Gasteiger partial charge in [0.05, 0.1) is 22.5 Å². The van der Waals surface area contributed by atoms with E-state index in [9.17, 15) is 14.4 Å². The number of fused-ring (bicyclic) bond motifs is 1. The van der Waals surface area contributed by atoms with E-state index in [-0.39, 0.29) is 24.3 Å². The van der Waals surface area contributed by atoms with Crippen LogP contribution in [0.2, 0.25) is 5.02 Å². The highest BCUT2D eigenvalue weighted by molar-refractivity contribution is 6.35. The molecule has 8 heteroatoms. The van der Waals surface area contributed by atoms with E-state index in [1.54, 1.807) is 9.80 Å². The monoisotopic (exact) mass is 524 g/mol. The van der Waals surface area contributed by atoms with Crippen LogP contribution in [0.25, 0.3) is 0 Å². The number of halogens is 1. The maximum Gasteiger partial charge on any atom is 0.259 e. The molecule has 4 rings (SSSR count). The van der Waals surface area contributed by atoms with Crippen LogP contribution in [0.1, 0.15) is 56.0 Å². The normalized spacial score (nSPS) is 19.2. The van der Waals surface area contributed by atoms with Crippen LogP contribution in [0.3, 0.4) is 0 Å². The molecule has 1 saturated heterocycles. The number of benzene rings is 2. The minimum absolute atomic E-state index is 0.0284. The highest BCUT2D eigenvalue weighted by atomic mass is 35.5. The summed E-state index contributed by atoms with van der Waals surface area (Å²) in [5.74, 6) is -0.448. The van der Waals surface area contributed by atoms with Gasteiger partial charge >= 0.3 is 0 Å². The predicted octanol–water partition coefficient (Wildman–Crippen LogP) is 4.52. The lowest BCUT2D eigenvalue weighted by Gasteiger charge is -2.28. The minimum atomic E-state index is -0.766. The van der Waals surface area contributed by atoms with E-state index < -0.39 is 5.41 Å². The molecule has 0 aromatic heterocycles. The molecule has 2 aliphatic heterocycles. The Labute approximate surface area is 224 Å². The van der Waals surface area contributed by atoms with Crippen molar-refractivity contribution in [2.24, 2.45) is 5.41 Å². The third-order valence-corrected chi connectivity index (χ3v) is 8.03. The summed E-state index contributed by atoms with van der Waals surface area (Å²) in [7, 11) is 0. The smallest absolute Gasteiger partial charge is 0.259 e. The van der Waals surface area contributed by atoms with Crippen molar-refractivity contribution in [3.05, 3.63) is 58.6 Å². The fraction of sp³-hybridized carbons (Fsp3) is 0.483. The average Bonchev–Trinajstić information content (AvgIpc) is 3.38. The number of likely N-dealkylation sites (N-methyl/N-ethyl adjacent to an activating group) is 1. The van der Waals surface area contributed by atoms with E-state index >= 15 is 0 Å². The van der Waals surface area contributed by atoms with Gasteiger partial charge in [-0.15, -0.1) is 0 Å². The molecule has 0 spiro atoms. The second-order valence-electron chi connectivity index (χ2n) is 10.2. The molecule has 3 amide bonds. The van der Waals surface area contributed by atoms with Gasteiger partial charge in [-0.2, -0.15) is 0 Å². The number of hydrogen-bond donors (Lipinski definition) is 1. The Morgan fingerprint density at radius 1 is 1.03 bits per heavy atom. The summed E-state index contributed by atoms with van der Waals surface area (Å²) in [6.45, 7) is 9.31. The Kier molecular flexibility index (Phi) is 8.42. The number of rotatable bonds is 7. The van der Waals surface area contributed by atoms with E-state index in [0.717, 1.165) is 30.0 Å². The molecular formula is C29H37ClN4O3. The number of hydrogen-bond acceptors (Lipinski definition) is 4. The number of carbonyl (C=O) groups is 3. The van der Waals surface area contributed by atoms with E-state index in [2.05, 4.69) is 10.2 Å². The first-order valence-electron chi connectivity index (χ1n) is 13.3. The molecule has 2 aromatic carbocycles. The second-order valence-corrected chi connectivity index (χ2v) is 10.6. The Morgan fingerprint density at radius 2 is 1.73 bits per heavy atom. The number of carbonyl (C=O) groups excluding carboxylic acids is 3. The van der Waals surface area contributed by atoms with E-state index in [1.165, 1.54) is 12.8 Å². The largest absolute Gasteiger partial charge is 0.371 e. The summed E-state index contributed by atoms with van der Waals surface area (Å²) in [5, 5.41) is 3.30. The molecule has 198 valence electrons. The zero-order valence-electron chi connectivity index (χ0n) is 22.1. The van der Waals surface area contributed by atoms with Crippen molar-refractivity contribution >= 4 is 40.7 Å². The molecule has 1 N–H and O–H groups in total. The van der Waals surface area contributed by atoms with Crippen LogP contribution in [0.15, 0.2) is 42.5 Å². The molecule has 2 aliphatic rings. The van der Waals surface area contributed by atoms with Crippen LogP contribution in [0, 0.1) is 5.41 Å². The Bertz CT molecular complexity index is 1160. The van der Waals surface area contributed by atoms with Crippen molar-refractivity contribution in [3.63, 3.8) is 0 Å². The van der Waals surface area contributed by atoms with Crippen molar-refractivity contribution in [2.75, 3.05) is 49.1 Å². The quantitative estimate of drug-likeness (QED) is 0.578. The molecule has 0 bridgehead atoms. The maximum absolute atomic E-state index is 13.8. The van der Waals surface area contributed by atoms with Crippen LogP contribution in [0.5, 0.6) is 0 Å². The van der Waals surface area contributed by atoms with E-state index in [1.807, 2.05) is 63.2 Å². The fourth-order valence-electron chi connectivity index (χ4n) is 5.37. The third-order valence-electron chi connectivity index (χ3n) is 7.71. The second kappa shape index (κ2) is 11.5. The van der Waals surface area contributed by atoms with Crippen molar-refractivity contribution in [1.82, 2.24) is 10.2 Å². The zero-order valence-corrected chi connectivity index (χ0v) is 22.8. The summed E-state index contributed by atoms with van der Waals surface area (Å²) in [5.41, 5.74) is 2.45. The molecule has 1 unspecified atom stereocenters. The molecule has 0 radical (unpaired) electrons. The summed E-state index contributed by atoms with van der Waals surface area (Å²) in [6, 6.07) is 13.4. The van der Waals surface area contributed by atoms with Gasteiger partial charge in [-0.05, 0) is 69.4 Å². The van der Waals surface area contributed by atoms with Gasteiger partial charge in [-0.1, -0.05) is 36.7 Å². The van der Waals surface area contributed by atoms with E-state index in [0.29, 0.717) is 43.1 Å². The van der Waals surface area contributed by atoms with E-state index in [4.69, 9.17) is 11.6 Å². The Balaban J connectivity index is 1.54. The standard InChI is InChI=1S/C29H37ClN4O3/c1-4-32(5-2)26(35)20-31-28(37)29(3)14-17-34(25-11-7-6-10-21(25)19-29)27(36)23-13-12-22(18-24(23)30)33-15-8-9-16-33/h6-7,10-13,18H,4-5,8-9,14-17,19-20H2,1-3H3,(H,31,37). The van der Waals surface area contributed by atoms with Crippen LogP contribution >= 0.6 is 11.6 Å². The number of nitrogens with one attached hydrogen (secondary N) is 1. The SMILES string of the molecule is CCN(CC)C(=O)CNC(=O)C1(C)CCN(C(=O)c2ccc(N3CCCC3)cc2Cl)c2ccccc2C1. The van der Waals surface area contributed by atoms with Crippen molar-refractivity contribution in [3.8, 4) is 0 Å². The first-order valence-corrected chi connectivity index (χ1v) is 13.7. The van der Waals surface area contributed by atoms with Crippen LogP contribution in [-0.2, 0) is 16.0 Å². The van der Waals surface area contributed by atoms with Crippen LogP contribution in [0.4, 0.5) is 11.4 Å². The lowest BCUT2D eigenvalue weighted by molar-refractivity contribution is -0.136. The summed E-state index contributed by atoms with van der Waals surface area (Å²) in [6.07, 6.45) is 3.26. The van der Waals surface area contributed by atoms with Gasteiger partial charge in [0.15, 0.2) is 0 Å². The lowest BCUT2D eigenvalue weighted by atomic mass is 9.80. The van der Waals surface area contributed by atoms with Crippen molar-refractivity contribution in [1.29, 1.82) is 0 Å². The van der Waals surface area contributed by atoms with Crippen LogP contribution < -0.4 is 15.1 Å². The molecule has 1 atom stereocenters. The summed E-state index contributed by atoms with van der Waals surface area (Å²) >= 11 is 6.64. The molecule has 2 heterocycles. The maximum atomic E-state index is 13.8. The molecule has 0 aliphatic carbocycles. The molecule has 1 fully saturated rings. The lowest BCUT2D eigenvalue weighted by Crippen LogP contribution is -2.46. The summed E-state index contributed by atoms with van der Waals surface area (Å²) in [4.78, 5) is 45.3. The molecule has 2 aromatic rings. The Hall–Kier alpha value is -3.06. The predicted molar refractivity (Wildman–Crippen MR) is 148 cm³/mol. The van der Waals surface area contributed by atoms with Gasteiger partial charge in [0.2, 0.25) is 11.8 Å². The zero-order chi connectivity index (χ0) is 26.6. The van der Waals surface area contributed by atoms with Gasteiger partial charge in [0.25, 0.3) is 5.91 Å². The topological polar surface area (TPSA) is 73.0 Å². The van der Waals surface area contributed by atoms with Gasteiger partial charge < -0.3 is 20.0 Å². The van der Waals surface area contributed by atoms with Crippen molar-refractivity contribution < 1.29 is 14.4 Å². The first kappa shape index (κ1) is 27.0. The minimum Gasteiger partial charge on any atom is -0.371 e. The molecule has 0 saturated carbocycles. The number of anilines is 2. The molecular weight excluding hydrogens is 488 g/mol.